The van der Waals surface area contributed by atoms with Crippen LogP contribution in [0.3, 0.4) is 0 Å². The second-order valence-electron chi connectivity index (χ2n) is 6.17. The smallest absolute Gasteiger partial charge is 0.327 e. The van der Waals surface area contributed by atoms with E-state index in [0.29, 0.717) is 34.5 Å². The molecule has 0 fully saturated rings. The van der Waals surface area contributed by atoms with Crippen LogP contribution in [0.5, 0.6) is 5.75 Å². The van der Waals surface area contributed by atoms with Gasteiger partial charge in [-0.05, 0) is 58.4 Å². The number of halogens is 1. The van der Waals surface area contributed by atoms with Crippen LogP contribution in [-0.2, 0) is 20.9 Å². The number of carbonyl (C=O) groups excluding carboxylic acids is 2. The third-order valence-corrected chi connectivity index (χ3v) is 4.26. The van der Waals surface area contributed by atoms with E-state index in [1.165, 1.54) is 4.68 Å². The van der Waals surface area contributed by atoms with Crippen LogP contribution in [0.25, 0.3) is 0 Å². The van der Waals surface area contributed by atoms with Crippen molar-refractivity contribution in [1.29, 1.82) is 0 Å². The first-order valence-corrected chi connectivity index (χ1v) is 9.04. The Balaban J connectivity index is 2.08. The van der Waals surface area contributed by atoms with E-state index in [1.54, 1.807) is 45.9 Å². The highest BCUT2D eigenvalue weighted by Crippen LogP contribution is 2.24. The van der Waals surface area contributed by atoms with Crippen LogP contribution in [-0.4, -0.2) is 34.4 Å². The molecule has 146 valence electrons. The van der Waals surface area contributed by atoms with E-state index in [0.717, 1.165) is 5.56 Å². The fourth-order valence-electron chi connectivity index (χ4n) is 2.57. The van der Waals surface area contributed by atoms with Gasteiger partial charge in [0.2, 0.25) is 0 Å². The van der Waals surface area contributed by atoms with Gasteiger partial charge >= 0.3 is 5.97 Å². The van der Waals surface area contributed by atoms with Crippen molar-refractivity contribution in [3.8, 4) is 5.75 Å². The van der Waals surface area contributed by atoms with Crippen LogP contribution >= 0.6 is 11.6 Å². The maximum atomic E-state index is 12.5. The van der Waals surface area contributed by atoms with Crippen molar-refractivity contribution in [2.75, 3.05) is 11.9 Å². The minimum absolute atomic E-state index is 0.00753. The quantitative estimate of drug-likeness (QED) is 0.728. The average molecular weight is 394 g/mol. The van der Waals surface area contributed by atoms with Crippen molar-refractivity contribution < 1.29 is 19.1 Å². The predicted octanol–water partition coefficient (Wildman–Crippen LogP) is 3.43. The third kappa shape index (κ3) is 5.23. The van der Waals surface area contributed by atoms with Crippen LogP contribution < -0.4 is 10.1 Å². The number of amides is 1. The molecule has 2 rings (SSSR count). The fraction of sp³-hybridized carbons (Fsp3) is 0.421. The molecule has 0 bridgehead atoms. The minimum Gasteiger partial charge on any atom is -0.481 e. The molecular formula is C19H24ClN3O4. The van der Waals surface area contributed by atoms with Crippen molar-refractivity contribution >= 4 is 29.2 Å². The first-order chi connectivity index (χ1) is 12.7. The molecule has 8 heteroatoms. The van der Waals surface area contributed by atoms with Crippen LogP contribution in [0.4, 0.5) is 5.69 Å². The van der Waals surface area contributed by atoms with Crippen LogP contribution in [0, 0.1) is 20.8 Å². The lowest BCUT2D eigenvalue weighted by molar-refractivity contribution is -0.144. The van der Waals surface area contributed by atoms with Gasteiger partial charge in [0, 0.05) is 5.02 Å². The summed E-state index contributed by atoms with van der Waals surface area (Å²) in [6, 6.07) is 5.22. The van der Waals surface area contributed by atoms with Gasteiger partial charge in [-0.2, -0.15) is 5.10 Å². The zero-order chi connectivity index (χ0) is 20.1. The molecule has 1 heterocycles. The summed E-state index contributed by atoms with van der Waals surface area (Å²) in [6.45, 7) is 9.11. The number of carbonyl (C=O) groups is 2. The van der Waals surface area contributed by atoms with E-state index in [-0.39, 0.29) is 18.4 Å². The van der Waals surface area contributed by atoms with Crippen molar-refractivity contribution in [3.05, 3.63) is 40.2 Å². The lowest BCUT2D eigenvalue weighted by Gasteiger charge is -2.16. The Bertz CT molecular complexity index is 848. The second-order valence-corrected chi connectivity index (χ2v) is 6.60. The Morgan fingerprint density at radius 2 is 2.00 bits per heavy atom. The van der Waals surface area contributed by atoms with Gasteiger partial charge in [-0.3, -0.25) is 14.3 Å². The highest BCUT2D eigenvalue weighted by Gasteiger charge is 2.21. The van der Waals surface area contributed by atoms with E-state index in [1.807, 2.05) is 6.92 Å². The number of esters is 1. The van der Waals surface area contributed by atoms with Gasteiger partial charge in [0.15, 0.2) is 6.10 Å². The number of rotatable bonds is 7. The summed E-state index contributed by atoms with van der Waals surface area (Å²) in [7, 11) is 0. The van der Waals surface area contributed by atoms with Crippen molar-refractivity contribution in [1.82, 2.24) is 9.78 Å². The first-order valence-electron chi connectivity index (χ1n) is 8.66. The number of aryl methyl sites for hydroxylation is 2. The largest absolute Gasteiger partial charge is 0.481 e. The molecule has 0 spiro atoms. The Morgan fingerprint density at radius 1 is 1.30 bits per heavy atom. The molecule has 1 aromatic carbocycles. The topological polar surface area (TPSA) is 82.5 Å². The molecule has 27 heavy (non-hydrogen) atoms. The molecule has 0 aliphatic carbocycles. The van der Waals surface area contributed by atoms with E-state index in [9.17, 15) is 9.59 Å². The molecule has 1 aromatic heterocycles. The highest BCUT2D eigenvalue weighted by atomic mass is 35.5. The molecule has 0 saturated carbocycles. The highest BCUT2D eigenvalue weighted by molar-refractivity contribution is 6.30. The predicted molar refractivity (Wildman–Crippen MR) is 103 cm³/mol. The molecule has 0 aliphatic heterocycles. The van der Waals surface area contributed by atoms with Crippen LogP contribution in [0.1, 0.15) is 30.8 Å². The number of nitrogens with zero attached hydrogens (tertiary/aromatic N) is 2. The zero-order valence-corrected chi connectivity index (χ0v) is 16.9. The van der Waals surface area contributed by atoms with Gasteiger partial charge in [0.1, 0.15) is 12.3 Å². The SMILES string of the molecule is CCOC(=O)Cn1nc(C)c(NC(=O)[C@H](C)Oc2ccc(Cl)cc2C)c1C. The van der Waals surface area contributed by atoms with Crippen LogP contribution in [0.15, 0.2) is 18.2 Å². The summed E-state index contributed by atoms with van der Waals surface area (Å²) < 4.78 is 12.2. The molecule has 1 atom stereocenters. The Morgan fingerprint density at radius 3 is 2.63 bits per heavy atom. The summed E-state index contributed by atoms with van der Waals surface area (Å²) in [5.41, 5.74) is 2.69. The maximum absolute atomic E-state index is 12.5. The Kier molecular flexibility index (Phi) is 6.85. The molecule has 0 radical (unpaired) electrons. The number of nitrogens with one attached hydrogen (secondary N) is 1. The molecule has 1 amide bonds. The van der Waals surface area contributed by atoms with Gasteiger partial charge in [-0.25, -0.2) is 0 Å². The lowest BCUT2D eigenvalue weighted by atomic mass is 10.2. The van der Waals surface area contributed by atoms with Crippen molar-refractivity contribution in [2.45, 2.75) is 47.3 Å². The summed E-state index contributed by atoms with van der Waals surface area (Å²) in [5, 5.41) is 7.74. The summed E-state index contributed by atoms with van der Waals surface area (Å²) in [4.78, 5) is 24.2. The molecule has 0 unspecified atom stereocenters. The van der Waals surface area contributed by atoms with Gasteiger partial charge in [-0.1, -0.05) is 11.6 Å². The normalized spacial score (nSPS) is 11.8. The zero-order valence-electron chi connectivity index (χ0n) is 16.1. The molecule has 1 N–H and O–H groups in total. The van der Waals surface area contributed by atoms with E-state index < -0.39 is 6.10 Å². The van der Waals surface area contributed by atoms with Gasteiger partial charge < -0.3 is 14.8 Å². The van der Waals surface area contributed by atoms with Crippen molar-refractivity contribution in [3.63, 3.8) is 0 Å². The molecule has 0 aliphatic rings. The van der Waals surface area contributed by atoms with Gasteiger partial charge in [0.25, 0.3) is 5.91 Å². The average Bonchev–Trinajstić information content (AvgIpc) is 2.84. The molecular weight excluding hydrogens is 370 g/mol. The molecule has 2 aromatic rings. The van der Waals surface area contributed by atoms with E-state index in [4.69, 9.17) is 21.1 Å². The summed E-state index contributed by atoms with van der Waals surface area (Å²) in [6.07, 6.45) is -0.725. The van der Waals surface area contributed by atoms with E-state index >= 15 is 0 Å². The number of ether oxygens (including phenoxy) is 2. The van der Waals surface area contributed by atoms with Gasteiger partial charge in [-0.15, -0.1) is 0 Å². The van der Waals surface area contributed by atoms with Crippen molar-refractivity contribution in [2.24, 2.45) is 0 Å². The van der Waals surface area contributed by atoms with Gasteiger partial charge in [0.05, 0.1) is 23.7 Å². The molecule has 7 nitrogen and oxygen atoms in total. The number of anilines is 1. The first kappa shape index (κ1) is 20.8. The minimum atomic E-state index is -0.725. The second kappa shape index (κ2) is 8.90. The number of aromatic nitrogens is 2. The fourth-order valence-corrected chi connectivity index (χ4v) is 2.80. The summed E-state index contributed by atoms with van der Waals surface area (Å²) in [5.74, 6) is -0.101. The monoisotopic (exact) mass is 393 g/mol. The molecule has 0 saturated heterocycles. The third-order valence-electron chi connectivity index (χ3n) is 4.02. The number of hydrogen-bond donors (Lipinski definition) is 1. The lowest BCUT2D eigenvalue weighted by Crippen LogP contribution is -2.30. The Hall–Kier alpha value is -2.54. The number of hydrogen-bond acceptors (Lipinski definition) is 5. The van der Waals surface area contributed by atoms with E-state index in [2.05, 4.69) is 10.4 Å². The number of benzene rings is 1. The maximum Gasteiger partial charge on any atom is 0.327 e. The Labute approximate surface area is 163 Å². The summed E-state index contributed by atoms with van der Waals surface area (Å²) >= 11 is 5.94. The standard InChI is InChI=1S/C19H24ClN3O4/c1-6-26-17(24)10-23-13(4)18(12(3)22-23)21-19(25)14(5)27-16-8-7-15(20)9-11(16)2/h7-9,14H,6,10H2,1-5H3,(H,21,25)/t14-/m0/s1. The van der Waals surface area contributed by atoms with Crippen LogP contribution in [0.2, 0.25) is 5.02 Å².